The van der Waals surface area contributed by atoms with E-state index in [1.54, 1.807) is 0 Å². The van der Waals surface area contributed by atoms with Gasteiger partial charge >= 0.3 is 0 Å². The molecule has 4 heterocycles. The van der Waals surface area contributed by atoms with Crippen LogP contribution in [0.2, 0.25) is 0 Å². The molecular formula is C19H25N5. The fourth-order valence-electron chi connectivity index (χ4n) is 3.79. The van der Waals surface area contributed by atoms with Crippen molar-refractivity contribution in [1.82, 2.24) is 19.6 Å². The van der Waals surface area contributed by atoms with E-state index in [1.165, 1.54) is 30.6 Å². The number of piperidine rings is 1. The molecule has 0 amide bonds. The number of aromatic nitrogens is 4. The zero-order valence-electron chi connectivity index (χ0n) is 14.8. The summed E-state index contributed by atoms with van der Waals surface area (Å²) in [4.78, 5) is 12.0. The topological polar surface area (TPSA) is 46.3 Å². The standard InChI is InChI=1S/C19H25N5/c1-4-8-15-12-16(23-9-6-5-7-10-23)24-19(21-15)17-13(2)11-14(3)20-18(17)22-24/h11-12H,4-10H2,1-3H3. The Morgan fingerprint density at radius 2 is 1.83 bits per heavy atom. The summed E-state index contributed by atoms with van der Waals surface area (Å²) in [6.07, 6.45) is 5.94. The zero-order chi connectivity index (χ0) is 16.7. The van der Waals surface area contributed by atoms with E-state index in [2.05, 4.69) is 35.9 Å². The average Bonchev–Trinajstić information content (AvgIpc) is 2.93. The van der Waals surface area contributed by atoms with Crippen molar-refractivity contribution in [3.05, 3.63) is 29.1 Å². The molecule has 0 N–H and O–H groups in total. The Labute approximate surface area is 142 Å². The minimum Gasteiger partial charge on any atom is -0.356 e. The summed E-state index contributed by atoms with van der Waals surface area (Å²) in [5, 5.41) is 5.91. The summed E-state index contributed by atoms with van der Waals surface area (Å²) in [6.45, 7) is 8.57. The quantitative estimate of drug-likeness (QED) is 0.735. The first-order chi connectivity index (χ1) is 11.7. The molecule has 5 nitrogen and oxygen atoms in total. The number of fused-ring (bicyclic) bond motifs is 3. The first-order valence-electron chi connectivity index (χ1n) is 9.09. The molecule has 0 aromatic carbocycles. The van der Waals surface area contributed by atoms with E-state index in [9.17, 15) is 0 Å². The summed E-state index contributed by atoms with van der Waals surface area (Å²) < 4.78 is 2.02. The second-order valence-corrected chi connectivity index (χ2v) is 6.92. The molecule has 0 bridgehead atoms. The highest BCUT2D eigenvalue weighted by Gasteiger charge is 2.19. The lowest BCUT2D eigenvalue weighted by molar-refractivity contribution is 0.568. The molecule has 0 atom stereocenters. The minimum absolute atomic E-state index is 0.812. The number of rotatable bonds is 3. The van der Waals surface area contributed by atoms with Crippen LogP contribution in [0.15, 0.2) is 12.1 Å². The molecule has 1 aliphatic heterocycles. The van der Waals surface area contributed by atoms with Crippen LogP contribution < -0.4 is 4.90 Å². The lowest BCUT2D eigenvalue weighted by atomic mass is 10.1. The molecule has 0 aliphatic carbocycles. The number of aryl methyl sites for hydroxylation is 3. The van der Waals surface area contributed by atoms with Gasteiger partial charge in [-0.15, -0.1) is 5.10 Å². The minimum atomic E-state index is 0.812. The van der Waals surface area contributed by atoms with Gasteiger partial charge in [0.2, 0.25) is 0 Å². The zero-order valence-corrected chi connectivity index (χ0v) is 14.8. The Bertz CT molecular complexity index is 890. The Kier molecular flexibility index (Phi) is 3.87. The maximum Gasteiger partial charge on any atom is 0.184 e. The van der Waals surface area contributed by atoms with E-state index in [0.717, 1.165) is 54.0 Å². The van der Waals surface area contributed by atoms with Gasteiger partial charge in [0.15, 0.2) is 11.3 Å². The second kappa shape index (κ2) is 6.04. The molecule has 1 saturated heterocycles. The van der Waals surface area contributed by atoms with E-state index >= 15 is 0 Å². The lowest BCUT2D eigenvalue weighted by Gasteiger charge is -2.29. The molecule has 0 spiro atoms. The maximum absolute atomic E-state index is 4.93. The van der Waals surface area contributed by atoms with Gasteiger partial charge in [-0.25, -0.2) is 9.97 Å². The highest BCUT2D eigenvalue weighted by molar-refractivity contribution is 5.93. The van der Waals surface area contributed by atoms with Gasteiger partial charge in [-0.05, 0) is 51.2 Å². The van der Waals surface area contributed by atoms with E-state index in [1.807, 2.05) is 11.4 Å². The van der Waals surface area contributed by atoms with E-state index < -0.39 is 0 Å². The van der Waals surface area contributed by atoms with Crippen LogP contribution in [0.25, 0.3) is 16.7 Å². The average molecular weight is 323 g/mol. The molecule has 3 aromatic heterocycles. The molecule has 0 radical (unpaired) electrons. The molecule has 3 aromatic rings. The van der Waals surface area contributed by atoms with Gasteiger partial charge < -0.3 is 4.90 Å². The highest BCUT2D eigenvalue weighted by atomic mass is 15.4. The van der Waals surface area contributed by atoms with Crippen LogP contribution in [0.1, 0.15) is 49.6 Å². The van der Waals surface area contributed by atoms with Crippen LogP contribution in [-0.2, 0) is 6.42 Å². The molecule has 0 unspecified atom stereocenters. The second-order valence-electron chi connectivity index (χ2n) is 6.92. The van der Waals surface area contributed by atoms with Crippen molar-refractivity contribution in [2.24, 2.45) is 0 Å². The molecular weight excluding hydrogens is 298 g/mol. The van der Waals surface area contributed by atoms with Crippen LogP contribution in [0.5, 0.6) is 0 Å². The van der Waals surface area contributed by atoms with Crippen LogP contribution in [-0.4, -0.2) is 32.7 Å². The maximum atomic E-state index is 4.93. The highest BCUT2D eigenvalue weighted by Crippen LogP contribution is 2.28. The summed E-state index contributed by atoms with van der Waals surface area (Å²) in [6, 6.07) is 4.36. The molecule has 5 heteroatoms. The van der Waals surface area contributed by atoms with Crippen LogP contribution in [0.4, 0.5) is 5.82 Å². The fraction of sp³-hybridized carbons (Fsp3) is 0.526. The SMILES string of the molecule is CCCc1cc(N2CCCCC2)n2nc3nc(C)cc(C)c3c2n1. The molecule has 126 valence electrons. The van der Waals surface area contributed by atoms with E-state index in [0.29, 0.717) is 0 Å². The summed E-state index contributed by atoms with van der Waals surface area (Å²) in [7, 11) is 0. The number of hydrogen-bond donors (Lipinski definition) is 0. The Morgan fingerprint density at radius 1 is 1.04 bits per heavy atom. The third-order valence-corrected chi connectivity index (χ3v) is 4.89. The van der Waals surface area contributed by atoms with Gasteiger partial charge in [0.1, 0.15) is 5.82 Å². The third-order valence-electron chi connectivity index (χ3n) is 4.89. The number of pyridine rings is 1. The Balaban J connectivity index is 2.00. The normalized spacial score (nSPS) is 15.5. The number of anilines is 1. The monoisotopic (exact) mass is 323 g/mol. The van der Waals surface area contributed by atoms with Crippen molar-refractivity contribution >= 4 is 22.5 Å². The van der Waals surface area contributed by atoms with Gasteiger partial charge in [0, 0.05) is 30.5 Å². The number of hydrogen-bond acceptors (Lipinski definition) is 4. The summed E-state index contributed by atoms with van der Waals surface area (Å²) in [5.41, 5.74) is 5.15. The predicted octanol–water partition coefficient (Wildman–Crippen LogP) is 3.84. The van der Waals surface area contributed by atoms with Gasteiger partial charge in [0.25, 0.3) is 0 Å². The summed E-state index contributed by atoms with van der Waals surface area (Å²) >= 11 is 0. The molecule has 1 fully saturated rings. The van der Waals surface area contributed by atoms with Crippen molar-refractivity contribution in [2.75, 3.05) is 18.0 Å². The van der Waals surface area contributed by atoms with Crippen molar-refractivity contribution in [3.8, 4) is 0 Å². The Hall–Kier alpha value is -2.17. The predicted molar refractivity (Wildman–Crippen MR) is 97.8 cm³/mol. The van der Waals surface area contributed by atoms with E-state index in [4.69, 9.17) is 10.1 Å². The van der Waals surface area contributed by atoms with Gasteiger partial charge in [-0.3, -0.25) is 0 Å². The molecule has 24 heavy (non-hydrogen) atoms. The van der Waals surface area contributed by atoms with E-state index in [-0.39, 0.29) is 0 Å². The van der Waals surface area contributed by atoms with Crippen LogP contribution in [0, 0.1) is 13.8 Å². The first kappa shape index (κ1) is 15.4. The van der Waals surface area contributed by atoms with Crippen molar-refractivity contribution < 1.29 is 0 Å². The van der Waals surface area contributed by atoms with Crippen molar-refractivity contribution in [1.29, 1.82) is 0 Å². The van der Waals surface area contributed by atoms with Crippen LogP contribution in [0.3, 0.4) is 0 Å². The summed E-state index contributed by atoms with van der Waals surface area (Å²) in [5.74, 6) is 1.18. The van der Waals surface area contributed by atoms with Gasteiger partial charge in [0.05, 0.1) is 5.39 Å². The fourth-order valence-corrected chi connectivity index (χ4v) is 3.79. The largest absolute Gasteiger partial charge is 0.356 e. The molecule has 4 rings (SSSR count). The number of nitrogens with zero attached hydrogens (tertiary/aromatic N) is 5. The van der Waals surface area contributed by atoms with Gasteiger partial charge in [-0.2, -0.15) is 4.52 Å². The van der Waals surface area contributed by atoms with Crippen LogP contribution >= 0.6 is 0 Å². The Morgan fingerprint density at radius 3 is 2.58 bits per heavy atom. The first-order valence-corrected chi connectivity index (χ1v) is 9.09. The molecule has 0 saturated carbocycles. The van der Waals surface area contributed by atoms with Crippen molar-refractivity contribution in [2.45, 2.75) is 52.9 Å². The smallest absolute Gasteiger partial charge is 0.184 e. The van der Waals surface area contributed by atoms with Gasteiger partial charge in [-0.1, -0.05) is 13.3 Å². The molecule has 1 aliphatic rings. The third kappa shape index (κ3) is 2.52. The lowest BCUT2D eigenvalue weighted by Crippen LogP contribution is -2.31. The van der Waals surface area contributed by atoms with Crippen molar-refractivity contribution in [3.63, 3.8) is 0 Å².